The van der Waals surface area contributed by atoms with Crippen LogP contribution >= 0.6 is 0 Å². The number of aryl methyl sites for hydroxylation is 1. The SMILES string of the molecule is Cc1ccc(C(=O)N2CCC[C@H](c3ccnc(Nc4ccc(F)cc4)n3)C2)cc1. The quantitative estimate of drug-likeness (QED) is 0.702. The molecule has 0 bridgehead atoms. The minimum absolute atomic E-state index is 0.0633. The van der Waals surface area contributed by atoms with Crippen molar-refractivity contribution in [1.29, 1.82) is 0 Å². The highest BCUT2D eigenvalue weighted by Gasteiger charge is 2.26. The van der Waals surface area contributed by atoms with Gasteiger partial charge in [0.15, 0.2) is 0 Å². The van der Waals surface area contributed by atoms with Gasteiger partial charge in [0.2, 0.25) is 5.95 Å². The van der Waals surface area contributed by atoms with Gasteiger partial charge in [0.25, 0.3) is 5.91 Å². The number of rotatable bonds is 4. The largest absolute Gasteiger partial charge is 0.338 e. The molecular formula is C23H23FN4O. The molecule has 0 saturated carbocycles. The van der Waals surface area contributed by atoms with Crippen LogP contribution in [-0.2, 0) is 0 Å². The molecule has 0 aliphatic carbocycles. The zero-order valence-corrected chi connectivity index (χ0v) is 16.3. The molecule has 4 rings (SSSR count). The number of likely N-dealkylation sites (tertiary alicyclic amines) is 1. The first-order valence-corrected chi connectivity index (χ1v) is 9.80. The van der Waals surface area contributed by atoms with Crippen LogP contribution in [0.3, 0.4) is 0 Å². The van der Waals surface area contributed by atoms with Crippen molar-refractivity contribution in [3.05, 3.63) is 83.4 Å². The Morgan fingerprint density at radius 3 is 2.62 bits per heavy atom. The molecule has 1 atom stereocenters. The first-order chi connectivity index (χ1) is 14.1. The van der Waals surface area contributed by atoms with Crippen LogP contribution in [0.5, 0.6) is 0 Å². The standard InChI is InChI=1S/C23H23FN4O/c1-16-4-6-17(7-5-16)22(29)28-14-2-3-18(15-28)21-12-13-25-23(27-21)26-20-10-8-19(24)9-11-20/h4-13,18H,2-3,14-15H2,1H3,(H,25,26,27)/t18-/m0/s1. The number of aromatic nitrogens is 2. The van der Waals surface area contributed by atoms with Crippen molar-refractivity contribution in [2.24, 2.45) is 0 Å². The summed E-state index contributed by atoms with van der Waals surface area (Å²) in [6, 6.07) is 15.7. The molecule has 29 heavy (non-hydrogen) atoms. The molecule has 2 heterocycles. The molecule has 5 nitrogen and oxygen atoms in total. The second kappa shape index (κ2) is 8.39. The van der Waals surface area contributed by atoms with E-state index >= 15 is 0 Å². The summed E-state index contributed by atoms with van der Waals surface area (Å²) in [7, 11) is 0. The molecule has 1 N–H and O–H groups in total. The molecule has 1 amide bonds. The second-order valence-corrected chi connectivity index (χ2v) is 7.39. The number of nitrogens with zero attached hydrogens (tertiary/aromatic N) is 3. The van der Waals surface area contributed by atoms with Gasteiger partial charge in [-0.05, 0) is 62.2 Å². The van der Waals surface area contributed by atoms with Gasteiger partial charge in [-0.15, -0.1) is 0 Å². The molecule has 0 unspecified atom stereocenters. The molecule has 0 radical (unpaired) electrons. The van der Waals surface area contributed by atoms with Gasteiger partial charge in [-0.2, -0.15) is 0 Å². The van der Waals surface area contributed by atoms with E-state index < -0.39 is 0 Å². The van der Waals surface area contributed by atoms with Gasteiger partial charge >= 0.3 is 0 Å². The van der Waals surface area contributed by atoms with Gasteiger partial charge < -0.3 is 10.2 Å². The lowest BCUT2D eigenvalue weighted by atomic mass is 9.94. The number of hydrogen-bond donors (Lipinski definition) is 1. The maximum Gasteiger partial charge on any atom is 0.253 e. The summed E-state index contributed by atoms with van der Waals surface area (Å²) in [5.41, 5.74) is 3.49. The molecule has 1 aliphatic rings. The first kappa shape index (κ1) is 19.1. The summed E-state index contributed by atoms with van der Waals surface area (Å²) in [6.07, 6.45) is 3.63. The van der Waals surface area contributed by atoms with Crippen LogP contribution in [0.1, 0.15) is 40.4 Å². The van der Waals surface area contributed by atoms with E-state index in [1.54, 1.807) is 18.3 Å². The van der Waals surface area contributed by atoms with Gasteiger partial charge in [-0.3, -0.25) is 4.79 Å². The fourth-order valence-electron chi connectivity index (χ4n) is 3.60. The van der Waals surface area contributed by atoms with Crippen molar-refractivity contribution < 1.29 is 9.18 Å². The highest BCUT2D eigenvalue weighted by molar-refractivity contribution is 5.94. The van der Waals surface area contributed by atoms with E-state index in [1.807, 2.05) is 42.2 Å². The van der Waals surface area contributed by atoms with E-state index in [-0.39, 0.29) is 17.6 Å². The fraction of sp³-hybridized carbons (Fsp3) is 0.261. The molecule has 1 aliphatic heterocycles. The van der Waals surface area contributed by atoms with E-state index in [9.17, 15) is 9.18 Å². The van der Waals surface area contributed by atoms with Crippen molar-refractivity contribution in [3.8, 4) is 0 Å². The monoisotopic (exact) mass is 390 g/mol. The average Bonchev–Trinajstić information content (AvgIpc) is 2.76. The topological polar surface area (TPSA) is 58.1 Å². The molecule has 3 aromatic rings. The second-order valence-electron chi connectivity index (χ2n) is 7.39. The number of halogens is 1. The van der Waals surface area contributed by atoms with Crippen LogP contribution in [0.25, 0.3) is 0 Å². The van der Waals surface area contributed by atoms with Gasteiger partial charge in [-0.1, -0.05) is 17.7 Å². The number of carbonyl (C=O) groups is 1. The summed E-state index contributed by atoms with van der Waals surface area (Å²) in [5, 5.41) is 3.11. The Kier molecular flexibility index (Phi) is 5.51. The molecular weight excluding hydrogens is 367 g/mol. The van der Waals surface area contributed by atoms with Gasteiger partial charge in [0.05, 0.1) is 5.69 Å². The summed E-state index contributed by atoms with van der Waals surface area (Å²) in [4.78, 5) is 23.7. The number of piperidine rings is 1. The Balaban J connectivity index is 1.47. The Morgan fingerprint density at radius 2 is 1.86 bits per heavy atom. The number of amides is 1. The van der Waals surface area contributed by atoms with E-state index in [4.69, 9.17) is 0 Å². The molecule has 1 saturated heterocycles. The normalized spacial score (nSPS) is 16.5. The molecule has 148 valence electrons. The van der Waals surface area contributed by atoms with Crippen molar-refractivity contribution >= 4 is 17.5 Å². The van der Waals surface area contributed by atoms with Gasteiger partial charge in [0, 0.05) is 36.5 Å². The lowest BCUT2D eigenvalue weighted by Gasteiger charge is -2.32. The first-order valence-electron chi connectivity index (χ1n) is 9.80. The van der Waals surface area contributed by atoms with Crippen LogP contribution in [0.15, 0.2) is 60.8 Å². The highest BCUT2D eigenvalue weighted by Crippen LogP contribution is 2.27. The Labute approximate surface area is 169 Å². The summed E-state index contributed by atoms with van der Waals surface area (Å²) < 4.78 is 13.1. The maximum absolute atomic E-state index is 13.1. The van der Waals surface area contributed by atoms with E-state index in [2.05, 4.69) is 15.3 Å². The van der Waals surface area contributed by atoms with Crippen molar-refractivity contribution in [2.75, 3.05) is 18.4 Å². The third kappa shape index (κ3) is 4.59. The Morgan fingerprint density at radius 1 is 1.10 bits per heavy atom. The lowest BCUT2D eigenvalue weighted by molar-refractivity contribution is 0.0706. The average molecular weight is 390 g/mol. The Hall–Kier alpha value is -3.28. The van der Waals surface area contributed by atoms with Crippen LogP contribution in [0.4, 0.5) is 16.0 Å². The summed E-state index contributed by atoms with van der Waals surface area (Å²) in [6.45, 7) is 3.41. The molecule has 1 fully saturated rings. The van der Waals surface area contributed by atoms with Crippen LogP contribution in [-0.4, -0.2) is 33.9 Å². The number of carbonyl (C=O) groups excluding carboxylic acids is 1. The van der Waals surface area contributed by atoms with Crippen molar-refractivity contribution in [1.82, 2.24) is 14.9 Å². The summed E-state index contributed by atoms with van der Waals surface area (Å²) in [5.74, 6) is 0.408. The van der Waals surface area contributed by atoms with Gasteiger partial charge in [-0.25, -0.2) is 14.4 Å². The predicted octanol–water partition coefficient (Wildman–Crippen LogP) is 4.69. The minimum Gasteiger partial charge on any atom is -0.338 e. The highest BCUT2D eigenvalue weighted by atomic mass is 19.1. The van der Waals surface area contributed by atoms with Crippen molar-refractivity contribution in [2.45, 2.75) is 25.7 Å². The van der Waals surface area contributed by atoms with Gasteiger partial charge in [0.1, 0.15) is 5.82 Å². The van der Waals surface area contributed by atoms with E-state index in [0.29, 0.717) is 12.5 Å². The molecule has 6 heteroatoms. The van der Waals surface area contributed by atoms with Crippen molar-refractivity contribution in [3.63, 3.8) is 0 Å². The maximum atomic E-state index is 13.1. The number of anilines is 2. The minimum atomic E-state index is -0.286. The number of benzene rings is 2. The molecule has 0 spiro atoms. The Bertz CT molecular complexity index is 989. The number of hydrogen-bond acceptors (Lipinski definition) is 4. The van der Waals surface area contributed by atoms with Crippen LogP contribution in [0.2, 0.25) is 0 Å². The fourth-order valence-corrected chi connectivity index (χ4v) is 3.60. The number of nitrogens with one attached hydrogen (secondary N) is 1. The van der Waals surface area contributed by atoms with Crippen LogP contribution in [0, 0.1) is 12.7 Å². The molecule has 2 aromatic carbocycles. The summed E-state index contributed by atoms with van der Waals surface area (Å²) >= 11 is 0. The zero-order valence-electron chi connectivity index (χ0n) is 16.3. The lowest BCUT2D eigenvalue weighted by Crippen LogP contribution is -2.39. The van der Waals surface area contributed by atoms with Crippen LogP contribution < -0.4 is 5.32 Å². The third-order valence-corrected chi connectivity index (χ3v) is 5.20. The zero-order chi connectivity index (χ0) is 20.2. The third-order valence-electron chi connectivity index (χ3n) is 5.20. The predicted molar refractivity (Wildman–Crippen MR) is 111 cm³/mol. The van der Waals surface area contributed by atoms with E-state index in [1.165, 1.54) is 12.1 Å². The van der Waals surface area contributed by atoms with E-state index in [0.717, 1.165) is 41.9 Å². The smallest absolute Gasteiger partial charge is 0.253 e. The molecule has 1 aromatic heterocycles.